The summed E-state index contributed by atoms with van der Waals surface area (Å²) in [5.41, 5.74) is 1.31. The van der Waals surface area contributed by atoms with Crippen LogP contribution in [0.3, 0.4) is 0 Å². The van der Waals surface area contributed by atoms with Gasteiger partial charge in [0, 0.05) is 22.5 Å². The molecule has 0 bridgehead atoms. The summed E-state index contributed by atoms with van der Waals surface area (Å²) in [5, 5.41) is 11.9. The average molecular weight is 304 g/mol. The van der Waals surface area contributed by atoms with Crippen molar-refractivity contribution in [2.24, 2.45) is 0 Å². The van der Waals surface area contributed by atoms with E-state index in [0.717, 1.165) is 11.3 Å². The van der Waals surface area contributed by atoms with Gasteiger partial charge in [-0.2, -0.15) is 0 Å². The molecule has 0 aliphatic rings. The Labute approximate surface area is 124 Å². The maximum atomic E-state index is 13.9. The first-order valence-electron chi connectivity index (χ1n) is 6.55. The van der Waals surface area contributed by atoms with Crippen LogP contribution in [0.4, 0.5) is 4.39 Å². The molecule has 0 amide bonds. The first-order valence-corrected chi connectivity index (χ1v) is 7.43. The summed E-state index contributed by atoms with van der Waals surface area (Å²) in [4.78, 5) is 19.5. The number of carbonyl (C=O) groups excluding carboxylic acids is 1. The van der Waals surface area contributed by atoms with Crippen LogP contribution in [0.25, 0.3) is 10.9 Å². The van der Waals surface area contributed by atoms with Crippen LogP contribution in [0, 0.1) is 5.82 Å². The van der Waals surface area contributed by atoms with Gasteiger partial charge in [-0.05, 0) is 18.6 Å². The van der Waals surface area contributed by atoms with Crippen LogP contribution >= 0.6 is 11.3 Å². The lowest BCUT2D eigenvalue weighted by Crippen LogP contribution is -2.02. The van der Waals surface area contributed by atoms with Crippen molar-refractivity contribution >= 4 is 28.0 Å². The molecular weight excluding hydrogens is 291 g/mol. The zero-order valence-corrected chi connectivity index (χ0v) is 12.1. The molecule has 3 aromatic rings. The van der Waals surface area contributed by atoms with Gasteiger partial charge in [0.25, 0.3) is 0 Å². The number of thiazole rings is 1. The molecule has 0 saturated heterocycles. The summed E-state index contributed by atoms with van der Waals surface area (Å²) >= 11 is 1.16. The lowest BCUT2D eigenvalue weighted by molar-refractivity contribution is 0.103. The first-order chi connectivity index (χ1) is 10.1. The lowest BCUT2D eigenvalue weighted by Gasteiger charge is -2.01. The summed E-state index contributed by atoms with van der Waals surface area (Å²) in [6.45, 7) is 1.83. The number of aliphatic hydroxyl groups is 1. The molecular formula is C15H13FN2O2S. The largest absolute Gasteiger partial charge is 0.387 e. The topological polar surface area (TPSA) is 66.0 Å². The molecule has 0 saturated carbocycles. The van der Waals surface area contributed by atoms with Crippen molar-refractivity contribution in [3.05, 3.63) is 51.9 Å². The van der Waals surface area contributed by atoms with E-state index in [1.165, 1.54) is 12.3 Å². The molecule has 0 unspecified atom stereocenters. The Morgan fingerprint density at radius 1 is 1.52 bits per heavy atom. The highest BCUT2D eigenvalue weighted by Gasteiger charge is 2.21. The lowest BCUT2D eigenvalue weighted by atomic mass is 10.1. The predicted molar refractivity (Wildman–Crippen MR) is 79.1 cm³/mol. The number of ketones is 1. The van der Waals surface area contributed by atoms with E-state index >= 15 is 0 Å². The highest BCUT2D eigenvalue weighted by molar-refractivity contribution is 7.12. The van der Waals surface area contributed by atoms with E-state index in [1.54, 1.807) is 17.5 Å². The Morgan fingerprint density at radius 3 is 3.10 bits per heavy atom. The molecule has 0 fully saturated rings. The van der Waals surface area contributed by atoms with Gasteiger partial charge < -0.3 is 10.1 Å². The van der Waals surface area contributed by atoms with Crippen molar-refractivity contribution in [1.82, 2.24) is 9.97 Å². The fraction of sp³-hybridized carbons (Fsp3) is 0.200. The number of hydrogen-bond donors (Lipinski definition) is 2. The monoisotopic (exact) mass is 304 g/mol. The number of aliphatic hydroxyl groups excluding tert-OH is 1. The van der Waals surface area contributed by atoms with Gasteiger partial charge >= 0.3 is 0 Å². The van der Waals surface area contributed by atoms with Gasteiger partial charge in [0.2, 0.25) is 5.78 Å². The fourth-order valence-corrected chi connectivity index (χ4v) is 3.00. The number of H-pyrrole nitrogens is 1. The van der Waals surface area contributed by atoms with Crippen LogP contribution in [0.1, 0.15) is 40.5 Å². The van der Waals surface area contributed by atoms with Gasteiger partial charge in [-0.3, -0.25) is 4.79 Å². The second-order valence-corrected chi connectivity index (χ2v) is 5.55. The third-order valence-corrected chi connectivity index (χ3v) is 4.20. The van der Waals surface area contributed by atoms with Crippen molar-refractivity contribution in [2.75, 3.05) is 0 Å². The molecule has 0 aliphatic carbocycles. The smallest absolute Gasteiger partial charge is 0.223 e. The third-order valence-electron chi connectivity index (χ3n) is 3.34. The number of benzene rings is 1. The molecule has 108 valence electrons. The Kier molecular flexibility index (Phi) is 3.57. The van der Waals surface area contributed by atoms with Crippen LogP contribution in [-0.4, -0.2) is 20.9 Å². The highest BCUT2D eigenvalue weighted by atomic mass is 32.1. The zero-order chi connectivity index (χ0) is 15.0. The SMILES string of the molecule is CC[C@@H](O)c1csc(C(=O)c2c[nH]c3cccc(F)c23)n1. The maximum Gasteiger partial charge on any atom is 0.223 e. The van der Waals surface area contributed by atoms with Crippen LogP contribution in [0.5, 0.6) is 0 Å². The second-order valence-electron chi connectivity index (χ2n) is 4.70. The molecule has 0 radical (unpaired) electrons. The number of nitrogens with one attached hydrogen (secondary N) is 1. The molecule has 2 aromatic heterocycles. The molecule has 0 aliphatic heterocycles. The highest BCUT2D eigenvalue weighted by Crippen LogP contribution is 2.26. The zero-order valence-electron chi connectivity index (χ0n) is 11.3. The average Bonchev–Trinajstić information content (AvgIpc) is 3.13. The standard InChI is InChI=1S/C15H13FN2O2S/c1-2-12(19)11-7-21-15(18-11)14(20)8-6-17-10-5-3-4-9(16)13(8)10/h3-7,12,17,19H,2H2,1H3/t12-/m1/s1. The minimum atomic E-state index is -0.678. The van der Waals surface area contributed by atoms with Crippen molar-refractivity contribution in [2.45, 2.75) is 19.4 Å². The Hall–Kier alpha value is -2.05. The summed E-state index contributed by atoms with van der Waals surface area (Å²) in [6, 6.07) is 4.62. The minimum Gasteiger partial charge on any atom is -0.387 e. The van der Waals surface area contributed by atoms with Crippen molar-refractivity contribution in [3.63, 3.8) is 0 Å². The van der Waals surface area contributed by atoms with E-state index in [0.29, 0.717) is 17.6 Å². The molecule has 3 rings (SSSR count). The Balaban J connectivity index is 2.03. The minimum absolute atomic E-state index is 0.252. The van der Waals surface area contributed by atoms with Gasteiger partial charge in [0.1, 0.15) is 5.82 Å². The maximum absolute atomic E-state index is 13.9. The normalized spacial score (nSPS) is 12.7. The van der Waals surface area contributed by atoms with Gasteiger partial charge in [-0.25, -0.2) is 9.37 Å². The van der Waals surface area contributed by atoms with E-state index in [2.05, 4.69) is 9.97 Å². The third kappa shape index (κ3) is 2.36. The summed E-state index contributed by atoms with van der Waals surface area (Å²) < 4.78 is 13.9. The number of aromatic amines is 1. The van der Waals surface area contributed by atoms with E-state index < -0.39 is 11.9 Å². The second kappa shape index (κ2) is 5.38. The van der Waals surface area contributed by atoms with Gasteiger partial charge in [0.05, 0.1) is 17.4 Å². The summed E-state index contributed by atoms with van der Waals surface area (Å²) in [7, 11) is 0. The molecule has 21 heavy (non-hydrogen) atoms. The van der Waals surface area contributed by atoms with Crippen molar-refractivity contribution in [3.8, 4) is 0 Å². The number of hydrogen-bond acceptors (Lipinski definition) is 4. The Bertz CT molecular complexity index is 809. The number of aromatic nitrogens is 2. The van der Waals surface area contributed by atoms with Gasteiger partial charge in [-0.15, -0.1) is 11.3 Å². The molecule has 6 heteroatoms. The van der Waals surface area contributed by atoms with Crippen molar-refractivity contribution < 1.29 is 14.3 Å². The van der Waals surface area contributed by atoms with Gasteiger partial charge in [0.15, 0.2) is 5.01 Å². The molecule has 0 spiro atoms. The molecule has 1 aromatic carbocycles. The van der Waals surface area contributed by atoms with Gasteiger partial charge in [-0.1, -0.05) is 13.0 Å². The molecule has 2 N–H and O–H groups in total. The number of fused-ring (bicyclic) bond motifs is 1. The first kappa shape index (κ1) is 13.9. The molecule has 1 atom stereocenters. The molecule has 4 nitrogen and oxygen atoms in total. The molecule has 2 heterocycles. The summed E-state index contributed by atoms with van der Waals surface area (Å²) in [5.74, 6) is -0.784. The fourth-order valence-electron chi connectivity index (χ4n) is 2.19. The van der Waals surface area contributed by atoms with E-state index in [9.17, 15) is 14.3 Å². The van der Waals surface area contributed by atoms with Crippen molar-refractivity contribution in [1.29, 1.82) is 0 Å². The quantitative estimate of drug-likeness (QED) is 0.726. The van der Waals surface area contributed by atoms with E-state index in [4.69, 9.17) is 0 Å². The number of carbonyl (C=O) groups is 1. The predicted octanol–water partition coefficient (Wildman–Crippen LogP) is 3.44. The van der Waals surface area contributed by atoms with Crippen LogP contribution in [-0.2, 0) is 0 Å². The van der Waals surface area contributed by atoms with Crippen LogP contribution < -0.4 is 0 Å². The van der Waals surface area contributed by atoms with Crippen LogP contribution in [0.15, 0.2) is 29.8 Å². The number of halogens is 1. The van der Waals surface area contributed by atoms with Crippen LogP contribution in [0.2, 0.25) is 0 Å². The summed E-state index contributed by atoms with van der Waals surface area (Å²) in [6.07, 6.45) is 1.34. The van der Waals surface area contributed by atoms with E-state index in [-0.39, 0.29) is 21.7 Å². The number of rotatable bonds is 4. The number of nitrogens with zero attached hydrogens (tertiary/aromatic N) is 1. The Morgan fingerprint density at radius 2 is 2.33 bits per heavy atom. The van der Waals surface area contributed by atoms with E-state index in [1.807, 2.05) is 6.92 Å².